The van der Waals surface area contributed by atoms with Crippen molar-refractivity contribution in [3.63, 3.8) is 0 Å². The smallest absolute Gasteiger partial charge is 0.177 e. The van der Waals surface area contributed by atoms with Gasteiger partial charge >= 0.3 is 0 Å². The number of fused-ring (bicyclic) bond motifs is 1. The summed E-state index contributed by atoms with van der Waals surface area (Å²) in [5, 5.41) is 1.09. The maximum Gasteiger partial charge on any atom is 0.177 e. The molecule has 0 aliphatic heterocycles. The predicted molar refractivity (Wildman–Crippen MR) is 52.0 cm³/mol. The number of benzene rings is 1. The van der Waals surface area contributed by atoms with E-state index >= 15 is 0 Å². The van der Waals surface area contributed by atoms with Gasteiger partial charge in [0.25, 0.3) is 0 Å². The molecule has 0 saturated carbocycles. The zero-order valence-corrected chi connectivity index (χ0v) is 6.87. The highest BCUT2D eigenvalue weighted by Crippen LogP contribution is 2.17. The van der Waals surface area contributed by atoms with Crippen LogP contribution in [0, 0.1) is 0 Å². The quantitative estimate of drug-likeness (QED) is 0.515. The summed E-state index contributed by atoms with van der Waals surface area (Å²) in [6.07, 6.45) is 3.46. The summed E-state index contributed by atoms with van der Waals surface area (Å²) >= 11 is 0. The van der Waals surface area contributed by atoms with E-state index in [-0.39, 0.29) is 0 Å². The summed E-state index contributed by atoms with van der Waals surface area (Å²) in [6.45, 7) is 0. The summed E-state index contributed by atoms with van der Waals surface area (Å²) in [6, 6.07) is 7.89. The molecule has 13 heavy (non-hydrogen) atoms. The standard InChI is InChI=1S/C11H7NO/c13-7-3-4-9-8-12-11-6-2-1-5-10(9)11/h1-2,4-6,8,12H. The predicted octanol–water partition coefficient (Wildman–Crippen LogP) is 2.17. The number of nitrogens with one attached hydrogen (secondary N) is 1. The Labute approximate surface area is 75.2 Å². The minimum atomic E-state index is 0.957. The van der Waals surface area contributed by atoms with Crippen molar-refractivity contribution in [2.45, 2.75) is 0 Å². The SMILES string of the molecule is O=C=C=Cc1c[nH]c2ccccc12. The molecule has 0 spiro atoms. The van der Waals surface area contributed by atoms with E-state index in [1.165, 1.54) is 0 Å². The van der Waals surface area contributed by atoms with Crippen LogP contribution >= 0.6 is 0 Å². The molecule has 2 aromatic rings. The largest absolute Gasteiger partial charge is 0.361 e. The number of aromatic nitrogens is 1. The third-order valence-corrected chi connectivity index (χ3v) is 1.91. The Morgan fingerprint density at radius 2 is 2.15 bits per heavy atom. The molecule has 0 aliphatic carbocycles. The first kappa shape index (κ1) is 7.63. The average molecular weight is 169 g/mol. The van der Waals surface area contributed by atoms with Crippen LogP contribution < -0.4 is 0 Å². The number of carbonyl (C=O) groups excluding carboxylic acids is 1. The van der Waals surface area contributed by atoms with Crippen molar-refractivity contribution in [2.24, 2.45) is 0 Å². The van der Waals surface area contributed by atoms with Crippen LogP contribution in [0.4, 0.5) is 0 Å². The van der Waals surface area contributed by atoms with Gasteiger partial charge in [-0.25, -0.2) is 4.79 Å². The molecule has 1 aromatic heterocycles. The van der Waals surface area contributed by atoms with Crippen molar-refractivity contribution in [3.8, 4) is 0 Å². The molecular formula is C11H7NO. The maximum absolute atomic E-state index is 9.96. The molecule has 2 rings (SSSR count). The van der Waals surface area contributed by atoms with Crippen LogP contribution in [0.3, 0.4) is 0 Å². The van der Waals surface area contributed by atoms with Gasteiger partial charge < -0.3 is 4.98 Å². The van der Waals surface area contributed by atoms with Gasteiger partial charge in [-0.1, -0.05) is 18.2 Å². The van der Waals surface area contributed by atoms with Gasteiger partial charge in [-0.3, -0.25) is 0 Å². The van der Waals surface area contributed by atoms with Gasteiger partial charge in [0.15, 0.2) is 5.94 Å². The van der Waals surface area contributed by atoms with E-state index in [1.54, 1.807) is 12.0 Å². The topological polar surface area (TPSA) is 32.9 Å². The molecule has 0 aliphatic rings. The number of hydrogen-bond acceptors (Lipinski definition) is 1. The Kier molecular flexibility index (Phi) is 1.85. The first-order chi connectivity index (χ1) is 6.42. The fraction of sp³-hybridized carbons (Fsp3) is 0. The van der Waals surface area contributed by atoms with Gasteiger partial charge in [0, 0.05) is 28.7 Å². The second-order valence-electron chi connectivity index (χ2n) is 2.68. The first-order valence-corrected chi connectivity index (χ1v) is 3.94. The summed E-state index contributed by atoms with van der Waals surface area (Å²) in [5.74, 6) is 1.60. The first-order valence-electron chi connectivity index (χ1n) is 3.94. The highest BCUT2D eigenvalue weighted by Gasteiger charge is 1.97. The summed E-state index contributed by atoms with van der Waals surface area (Å²) in [4.78, 5) is 13.1. The molecule has 0 amide bonds. The molecule has 1 N–H and O–H groups in total. The Balaban J connectivity index is 2.71. The van der Waals surface area contributed by atoms with Gasteiger partial charge in [0.1, 0.15) is 0 Å². The minimum absolute atomic E-state index is 0.957. The molecule has 0 atom stereocenters. The lowest BCUT2D eigenvalue weighted by Gasteiger charge is -1.87. The molecule has 62 valence electrons. The van der Waals surface area contributed by atoms with E-state index in [2.05, 4.69) is 10.7 Å². The van der Waals surface area contributed by atoms with Gasteiger partial charge in [-0.05, 0) is 11.8 Å². The van der Waals surface area contributed by atoms with Crippen LogP contribution in [0.15, 0.2) is 36.2 Å². The second kappa shape index (κ2) is 3.16. The van der Waals surface area contributed by atoms with E-state index in [1.807, 2.05) is 30.5 Å². The summed E-state index contributed by atoms with van der Waals surface area (Å²) in [5.41, 5.74) is 4.41. The van der Waals surface area contributed by atoms with Crippen molar-refractivity contribution in [1.29, 1.82) is 0 Å². The highest BCUT2D eigenvalue weighted by atomic mass is 16.1. The Morgan fingerprint density at radius 3 is 3.00 bits per heavy atom. The second-order valence-corrected chi connectivity index (χ2v) is 2.68. The maximum atomic E-state index is 9.96. The van der Waals surface area contributed by atoms with Gasteiger partial charge in [0.05, 0.1) is 0 Å². The third kappa shape index (κ3) is 1.32. The van der Waals surface area contributed by atoms with Crippen LogP contribution in [-0.2, 0) is 4.79 Å². The molecule has 0 unspecified atom stereocenters. The van der Waals surface area contributed by atoms with Crippen LogP contribution in [0.1, 0.15) is 5.56 Å². The molecule has 0 bridgehead atoms. The average Bonchev–Trinajstić information content (AvgIpc) is 2.58. The molecule has 0 saturated heterocycles. The van der Waals surface area contributed by atoms with E-state index in [0.29, 0.717) is 0 Å². The summed E-state index contributed by atoms with van der Waals surface area (Å²) < 4.78 is 0. The van der Waals surface area contributed by atoms with Gasteiger partial charge in [0.2, 0.25) is 0 Å². The minimum Gasteiger partial charge on any atom is -0.361 e. The molecule has 2 heteroatoms. The number of aromatic amines is 1. The Bertz CT molecular complexity index is 512. The van der Waals surface area contributed by atoms with Crippen molar-refractivity contribution < 1.29 is 4.79 Å². The highest BCUT2D eigenvalue weighted by molar-refractivity contribution is 5.89. The lowest BCUT2D eigenvalue weighted by Crippen LogP contribution is -1.66. The molecular weight excluding hydrogens is 162 g/mol. The van der Waals surface area contributed by atoms with Crippen LogP contribution in [0.25, 0.3) is 17.0 Å². The van der Waals surface area contributed by atoms with Crippen molar-refractivity contribution >= 4 is 22.9 Å². The Hall–Kier alpha value is -2.01. The molecule has 1 heterocycles. The monoisotopic (exact) mass is 169 g/mol. The Morgan fingerprint density at radius 1 is 1.31 bits per heavy atom. The van der Waals surface area contributed by atoms with E-state index in [4.69, 9.17) is 0 Å². The number of hydrogen-bond donors (Lipinski definition) is 1. The lowest BCUT2D eigenvalue weighted by atomic mass is 10.2. The number of rotatable bonds is 1. The molecule has 0 radical (unpaired) electrons. The zero-order chi connectivity index (χ0) is 9.10. The van der Waals surface area contributed by atoms with Crippen molar-refractivity contribution in [1.82, 2.24) is 4.98 Å². The van der Waals surface area contributed by atoms with Crippen molar-refractivity contribution in [3.05, 3.63) is 41.8 Å². The number of para-hydroxylation sites is 1. The zero-order valence-electron chi connectivity index (χ0n) is 6.87. The van der Waals surface area contributed by atoms with Crippen LogP contribution in [-0.4, -0.2) is 10.9 Å². The fourth-order valence-electron chi connectivity index (χ4n) is 1.32. The van der Waals surface area contributed by atoms with E-state index in [0.717, 1.165) is 16.5 Å². The van der Waals surface area contributed by atoms with E-state index < -0.39 is 0 Å². The third-order valence-electron chi connectivity index (χ3n) is 1.91. The molecule has 2 nitrogen and oxygen atoms in total. The molecule has 0 fully saturated rings. The number of H-pyrrole nitrogens is 1. The van der Waals surface area contributed by atoms with Crippen LogP contribution in [0.5, 0.6) is 0 Å². The summed E-state index contributed by atoms with van der Waals surface area (Å²) in [7, 11) is 0. The lowest BCUT2D eigenvalue weighted by molar-refractivity contribution is 0.569. The van der Waals surface area contributed by atoms with Crippen molar-refractivity contribution in [2.75, 3.05) is 0 Å². The molecule has 1 aromatic carbocycles. The normalized spacial score (nSPS) is 9.23. The van der Waals surface area contributed by atoms with Crippen LogP contribution in [0.2, 0.25) is 0 Å². The van der Waals surface area contributed by atoms with Gasteiger partial charge in [-0.15, -0.1) is 0 Å². The van der Waals surface area contributed by atoms with E-state index in [9.17, 15) is 4.79 Å². The fourth-order valence-corrected chi connectivity index (χ4v) is 1.32. The van der Waals surface area contributed by atoms with Gasteiger partial charge in [-0.2, -0.15) is 0 Å².